The van der Waals surface area contributed by atoms with E-state index in [-0.39, 0.29) is 5.41 Å². The maximum absolute atomic E-state index is 5.30. The Morgan fingerprint density at radius 2 is 0.897 bits per heavy atom. The zero-order valence-electron chi connectivity index (χ0n) is 32.3. The topological polar surface area (TPSA) is 25.8 Å². The van der Waals surface area contributed by atoms with Crippen molar-refractivity contribution in [2.24, 2.45) is 0 Å². The molecule has 11 rings (SSSR count). The van der Waals surface area contributed by atoms with Gasteiger partial charge in [-0.2, -0.15) is 0 Å². The summed E-state index contributed by atoms with van der Waals surface area (Å²) in [5, 5.41) is 2.59. The van der Waals surface area contributed by atoms with Crippen molar-refractivity contribution in [3.8, 4) is 78.4 Å². The molecule has 0 fully saturated rings. The Kier molecular flexibility index (Phi) is 8.06. The molecule has 0 amide bonds. The van der Waals surface area contributed by atoms with Crippen LogP contribution < -0.4 is 0 Å². The molecule has 8 aromatic carbocycles. The van der Waals surface area contributed by atoms with Crippen molar-refractivity contribution in [1.29, 1.82) is 0 Å². The van der Waals surface area contributed by atoms with Gasteiger partial charge in [-0.05, 0) is 110 Å². The molecular weight excluding hydrogens is 721 g/mol. The Labute approximate surface area is 342 Å². The summed E-state index contributed by atoms with van der Waals surface area (Å²) in [6.07, 6.45) is 0. The van der Waals surface area contributed by atoms with Gasteiger partial charge < -0.3 is 0 Å². The average Bonchev–Trinajstić information content (AvgIpc) is 3.77. The summed E-state index contributed by atoms with van der Waals surface area (Å²) in [7, 11) is 0. The van der Waals surface area contributed by atoms with Crippen molar-refractivity contribution >= 4 is 31.5 Å². The van der Waals surface area contributed by atoms with Gasteiger partial charge in [0.15, 0.2) is 5.82 Å². The summed E-state index contributed by atoms with van der Waals surface area (Å²) in [5.41, 5.74) is 17.2. The molecule has 0 N–H and O–H groups in total. The Morgan fingerprint density at radius 3 is 1.72 bits per heavy atom. The molecule has 0 spiro atoms. The van der Waals surface area contributed by atoms with Crippen molar-refractivity contribution in [2.75, 3.05) is 0 Å². The van der Waals surface area contributed by atoms with Crippen LogP contribution in [0.2, 0.25) is 0 Å². The summed E-state index contributed by atoms with van der Waals surface area (Å²) in [5.74, 6) is 0.702. The molecule has 58 heavy (non-hydrogen) atoms. The lowest BCUT2D eigenvalue weighted by molar-refractivity contribution is 0.660. The van der Waals surface area contributed by atoms with E-state index in [1.807, 2.05) is 17.4 Å². The first-order valence-corrected chi connectivity index (χ1v) is 20.7. The normalized spacial score (nSPS) is 12.8. The van der Waals surface area contributed by atoms with Crippen LogP contribution in [0.15, 0.2) is 194 Å². The van der Waals surface area contributed by atoms with Crippen molar-refractivity contribution < 1.29 is 0 Å². The van der Waals surface area contributed by atoms with Gasteiger partial charge in [0, 0.05) is 42.3 Å². The lowest BCUT2D eigenvalue weighted by Crippen LogP contribution is -2.14. The van der Waals surface area contributed by atoms with Gasteiger partial charge >= 0.3 is 0 Å². The van der Waals surface area contributed by atoms with E-state index in [2.05, 4.69) is 202 Å². The molecule has 10 aromatic rings. The smallest absolute Gasteiger partial charge is 0.160 e. The fourth-order valence-electron chi connectivity index (χ4n) is 8.85. The Morgan fingerprint density at radius 1 is 0.345 bits per heavy atom. The highest BCUT2D eigenvalue weighted by molar-refractivity contribution is 7.25. The number of fused-ring (bicyclic) bond motifs is 6. The van der Waals surface area contributed by atoms with Crippen LogP contribution in [0.1, 0.15) is 25.0 Å². The van der Waals surface area contributed by atoms with E-state index < -0.39 is 0 Å². The quantitative estimate of drug-likeness (QED) is 0.169. The molecule has 0 aliphatic heterocycles. The van der Waals surface area contributed by atoms with E-state index in [4.69, 9.17) is 9.97 Å². The van der Waals surface area contributed by atoms with Crippen LogP contribution in [0.3, 0.4) is 0 Å². The highest BCUT2D eigenvalue weighted by atomic mass is 32.1. The third kappa shape index (κ3) is 5.86. The number of aromatic nitrogens is 2. The summed E-state index contributed by atoms with van der Waals surface area (Å²) in [6.45, 7) is 4.68. The van der Waals surface area contributed by atoms with Crippen molar-refractivity contribution in [3.63, 3.8) is 0 Å². The van der Waals surface area contributed by atoms with Crippen LogP contribution in [-0.2, 0) is 5.41 Å². The number of benzene rings is 8. The molecule has 3 heteroatoms. The fourth-order valence-corrected chi connectivity index (χ4v) is 9.93. The minimum absolute atomic E-state index is 0.0674. The van der Waals surface area contributed by atoms with Crippen LogP contribution in [-0.4, -0.2) is 9.97 Å². The predicted molar refractivity (Wildman–Crippen MR) is 245 cm³/mol. The maximum atomic E-state index is 5.30. The second-order valence-electron chi connectivity index (χ2n) is 15.8. The number of hydrogen-bond donors (Lipinski definition) is 0. The lowest BCUT2D eigenvalue weighted by Gasteiger charge is -2.22. The number of rotatable bonds is 6. The van der Waals surface area contributed by atoms with E-state index in [1.54, 1.807) is 0 Å². The third-order valence-corrected chi connectivity index (χ3v) is 13.0. The lowest BCUT2D eigenvalue weighted by atomic mass is 9.81. The summed E-state index contributed by atoms with van der Waals surface area (Å²) >= 11 is 1.85. The molecule has 2 heterocycles. The van der Waals surface area contributed by atoms with Crippen LogP contribution in [0.25, 0.3) is 98.6 Å². The monoisotopic (exact) mass is 758 g/mol. The first-order valence-electron chi connectivity index (χ1n) is 19.9. The maximum Gasteiger partial charge on any atom is 0.160 e. The highest BCUT2D eigenvalue weighted by Gasteiger charge is 2.35. The van der Waals surface area contributed by atoms with Gasteiger partial charge in [0.05, 0.1) is 11.4 Å². The molecule has 0 radical (unpaired) electrons. The summed E-state index contributed by atoms with van der Waals surface area (Å²) in [4.78, 5) is 10.5. The molecular formula is C55H38N2S. The van der Waals surface area contributed by atoms with E-state index in [0.717, 1.165) is 44.8 Å². The zero-order chi connectivity index (χ0) is 38.8. The molecule has 1 aliphatic carbocycles. The van der Waals surface area contributed by atoms with E-state index in [0.29, 0.717) is 5.82 Å². The molecule has 2 nitrogen and oxygen atoms in total. The van der Waals surface area contributed by atoms with Gasteiger partial charge in [-0.3, -0.25) is 0 Å². The predicted octanol–water partition coefficient (Wildman–Crippen LogP) is 15.2. The highest BCUT2D eigenvalue weighted by Crippen LogP contribution is 2.49. The Bertz CT molecular complexity index is 3190. The standard InChI is InChI=1S/C55H38N2S/c1-55(2)48-22-11-9-20-44(48)45-26-24-39(33-49(45)55)37-18-13-19-40(28-37)50-34-51(57-54(56-50)36-16-7-4-8-17-36)43-30-41(35-14-5-3-6-15-35)29-42(31-43)38-25-27-53-47(32-38)46-21-10-12-23-52(46)58-53/h3-34H,1-2H3. The van der Waals surface area contributed by atoms with Crippen molar-refractivity contribution in [1.82, 2.24) is 9.97 Å². The minimum atomic E-state index is -0.0674. The first kappa shape index (κ1) is 34.3. The molecule has 1 aliphatic rings. The van der Waals surface area contributed by atoms with Crippen LogP contribution >= 0.6 is 11.3 Å². The second kappa shape index (κ2) is 13.6. The van der Waals surface area contributed by atoms with Crippen LogP contribution in [0.4, 0.5) is 0 Å². The second-order valence-corrected chi connectivity index (χ2v) is 16.9. The first-order chi connectivity index (χ1) is 28.5. The fraction of sp³-hybridized carbons (Fsp3) is 0.0545. The zero-order valence-corrected chi connectivity index (χ0v) is 33.1. The number of thiophene rings is 1. The molecule has 0 bridgehead atoms. The molecule has 0 unspecified atom stereocenters. The van der Waals surface area contributed by atoms with E-state index >= 15 is 0 Å². The van der Waals surface area contributed by atoms with Crippen molar-refractivity contribution in [2.45, 2.75) is 19.3 Å². The number of nitrogens with zero attached hydrogens (tertiary/aromatic N) is 2. The van der Waals surface area contributed by atoms with Gasteiger partial charge in [-0.25, -0.2) is 9.97 Å². The third-order valence-electron chi connectivity index (χ3n) is 11.9. The van der Waals surface area contributed by atoms with E-state index in [9.17, 15) is 0 Å². The van der Waals surface area contributed by atoms with Gasteiger partial charge in [0.25, 0.3) is 0 Å². The largest absolute Gasteiger partial charge is 0.228 e. The van der Waals surface area contributed by atoms with Crippen LogP contribution in [0.5, 0.6) is 0 Å². The van der Waals surface area contributed by atoms with E-state index in [1.165, 1.54) is 59.1 Å². The molecule has 0 saturated heterocycles. The average molecular weight is 759 g/mol. The molecule has 0 saturated carbocycles. The summed E-state index contributed by atoms with van der Waals surface area (Å²) < 4.78 is 2.61. The van der Waals surface area contributed by atoms with Gasteiger partial charge in [0.1, 0.15) is 0 Å². The Hall–Kier alpha value is -6.94. The van der Waals surface area contributed by atoms with Gasteiger partial charge in [-0.15, -0.1) is 11.3 Å². The molecule has 0 atom stereocenters. The number of hydrogen-bond acceptors (Lipinski definition) is 3. The van der Waals surface area contributed by atoms with Gasteiger partial charge in [0.2, 0.25) is 0 Å². The molecule has 2 aromatic heterocycles. The Balaban J connectivity index is 1.06. The SMILES string of the molecule is CC1(C)c2ccccc2-c2ccc(-c3cccc(-c4cc(-c5cc(-c6ccccc6)cc(-c6ccc7sc8ccccc8c7c6)c5)nc(-c5ccccc5)n4)c3)cc21. The van der Waals surface area contributed by atoms with Crippen molar-refractivity contribution in [3.05, 3.63) is 205 Å². The van der Waals surface area contributed by atoms with Gasteiger partial charge in [-0.1, -0.05) is 153 Å². The van der Waals surface area contributed by atoms with Crippen LogP contribution in [0, 0.1) is 0 Å². The minimum Gasteiger partial charge on any atom is -0.228 e. The summed E-state index contributed by atoms with van der Waals surface area (Å²) in [6, 6.07) is 70.2. The molecule has 274 valence electrons.